The maximum Gasteiger partial charge on any atom is 0.240 e. The minimum absolute atomic E-state index is 0.0299. The van der Waals surface area contributed by atoms with Crippen molar-refractivity contribution in [3.05, 3.63) is 54.2 Å². The Kier molecular flexibility index (Phi) is 5.33. The highest BCUT2D eigenvalue weighted by Crippen LogP contribution is 2.19. The summed E-state index contributed by atoms with van der Waals surface area (Å²) in [4.78, 5) is 2.27. The van der Waals surface area contributed by atoms with Crippen molar-refractivity contribution in [2.45, 2.75) is 24.3 Å². The molecule has 3 rings (SSSR count). The lowest BCUT2D eigenvalue weighted by Gasteiger charge is -2.31. The second-order valence-corrected chi connectivity index (χ2v) is 7.88. The number of benzene rings is 1. The minimum Gasteiger partial charge on any atom is -0.468 e. The first-order valence-corrected chi connectivity index (χ1v) is 9.51. The molecule has 1 saturated heterocycles. The first-order valence-electron chi connectivity index (χ1n) is 8.03. The number of nitrogens with one attached hydrogen (secondary N) is 1. The van der Waals surface area contributed by atoms with E-state index >= 15 is 0 Å². The van der Waals surface area contributed by atoms with Crippen LogP contribution in [-0.2, 0) is 16.6 Å². The van der Waals surface area contributed by atoms with Crippen LogP contribution in [0.1, 0.15) is 18.6 Å². The molecule has 1 fully saturated rings. The Hall–Kier alpha value is -1.70. The third-order valence-corrected chi connectivity index (χ3v) is 5.76. The molecule has 5 nitrogen and oxygen atoms in total. The summed E-state index contributed by atoms with van der Waals surface area (Å²) in [6.45, 7) is 2.99. The summed E-state index contributed by atoms with van der Waals surface area (Å²) >= 11 is 0. The van der Waals surface area contributed by atoms with Gasteiger partial charge in [-0.1, -0.05) is 6.07 Å². The topological polar surface area (TPSA) is 62.6 Å². The smallest absolute Gasteiger partial charge is 0.240 e. The summed E-state index contributed by atoms with van der Waals surface area (Å²) in [7, 11) is -3.66. The molecular weight excluding hydrogens is 331 g/mol. The Balaban J connectivity index is 1.48. The first kappa shape index (κ1) is 17.1. The Morgan fingerprint density at radius 2 is 2.00 bits per heavy atom. The van der Waals surface area contributed by atoms with Gasteiger partial charge in [0.2, 0.25) is 10.0 Å². The van der Waals surface area contributed by atoms with Crippen molar-refractivity contribution in [3.63, 3.8) is 0 Å². The quantitative estimate of drug-likeness (QED) is 0.868. The number of hydrogen-bond donors (Lipinski definition) is 1. The fraction of sp³-hybridized carbons (Fsp3) is 0.412. The number of likely N-dealkylation sites (tertiary alicyclic amines) is 1. The summed E-state index contributed by atoms with van der Waals surface area (Å²) in [5, 5.41) is 0. The van der Waals surface area contributed by atoms with Gasteiger partial charge in [0.25, 0.3) is 0 Å². The highest BCUT2D eigenvalue weighted by atomic mass is 32.2. The molecule has 1 N–H and O–H groups in total. The summed E-state index contributed by atoms with van der Waals surface area (Å²) in [5.74, 6) is 0.686. The normalized spacial score (nSPS) is 17.2. The largest absolute Gasteiger partial charge is 0.468 e. The molecule has 0 radical (unpaired) electrons. The predicted molar refractivity (Wildman–Crippen MR) is 88.3 cm³/mol. The maximum atomic E-state index is 13.2. The fourth-order valence-corrected chi connectivity index (χ4v) is 4.06. The van der Waals surface area contributed by atoms with Gasteiger partial charge in [-0.25, -0.2) is 17.5 Å². The zero-order chi connectivity index (χ0) is 17.0. The monoisotopic (exact) mass is 352 g/mol. The molecule has 0 atom stereocenters. The molecule has 1 aromatic carbocycles. The van der Waals surface area contributed by atoms with Crippen LogP contribution in [0, 0.1) is 11.7 Å². The average Bonchev–Trinajstić information content (AvgIpc) is 3.07. The van der Waals surface area contributed by atoms with Crippen LogP contribution in [-0.4, -0.2) is 33.0 Å². The van der Waals surface area contributed by atoms with E-state index in [1.807, 2.05) is 12.1 Å². The van der Waals surface area contributed by atoms with E-state index in [-0.39, 0.29) is 4.90 Å². The molecule has 7 heteroatoms. The molecule has 1 aromatic heterocycles. The molecule has 130 valence electrons. The number of piperidine rings is 1. The molecule has 2 heterocycles. The van der Waals surface area contributed by atoms with E-state index in [0.717, 1.165) is 44.3 Å². The van der Waals surface area contributed by atoms with Crippen LogP contribution in [0.4, 0.5) is 4.39 Å². The SMILES string of the molecule is O=S(=O)(NCC1CCN(Cc2ccco2)CC1)c1cccc(F)c1. The lowest BCUT2D eigenvalue weighted by molar-refractivity contribution is 0.168. The van der Waals surface area contributed by atoms with Crippen molar-refractivity contribution in [2.75, 3.05) is 19.6 Å². The average molecular weight is 352 g/mol. The van der Waals surface area contributed by atoms with Crippen molar-refractivity contribution < 1.29 is 17.2 Å². The molecule has 0 unspecified atom stereocenters. The zero-order valence-corrected chi connectivity index (χ0v) is 14.1. The van der Waals surface area contributed by atoms with Gasteiger partial charge < -0.3 is 4.42 Å². The number of hydrogen-bond acceptors (Lipinski definition) is 4. The van der Waals surface area contributed by atoms with E-state index in [2.05, 4.69) is 9.62 Å². The van der Waals surface area contributed by atoms with Gasteiger partial charge in [-0.05, 0) is 62.2 Å². The summed E-state index contributed by atoms with van der Waals surface area (Å²) < 4.78 is 45.5. The van der Waals surface area contributed by atoms with E-state index in [1.165, 1.54) is 18.2 Å². The van der Waals surface area contributed by atoms with Crippen LogP contribution >= 0.6 is 0 Å². The van der Waals surface area contributed by atoms with Gasteiger partial charge in [-0.3, -0.25) is 4.90 Å². The van der Waals surface area contributed by atoms with E-state index in [0.29, 0.717) is 12.5 Å². The third-order valence-electron chi connectivity index (χ3n) is 4.34. The molecule has 0 saturated carbocycles. The van der Waals surface area contributed by atoms with Crippen molar-refractivity contribution in [1.82, 2.24) is 9.62 Å². The van der Waals surface area contributed by atoms with Gasteiger partial charge in [-0.15, -0.1) is 0 Å². The van der Waals surface area contributed by atoms with E-state index in [1.54, 1.807) is 6.26 Å². The predicted octanol–water partition coefficient (Wildman–Crippen LogP) is 2.61. The second-order valence-electron chi connectivity index (χ2n) is 6.11. The van der Waals surface area contributed by atoms with E-state index in [4.69, 9.17) is 4.42 Å². The van der Waals surface area contributed by atoms with E-state index in [9.17, 15) is 12.8 Å². The molecule has 0 amide bonds. The Labute approximate surface area is 141 Å². The summed E-state index contributed by atoms with van der Waals surface area (Å²) in [6, 6.07) is 8.90. The zero-order valence-electron chi connectivity index (χ0n) is 13.3. The van der Waals surface area contributed by atoms with E-state index < -0.39 is 15.8 Å². The molecule has 1 aliphatic heterocycles. The summed E-state index contributed by atoms with van der Waals surface area (Å²) in [5.41, 5.74) is 0. The first-order chi connectivity index (χ1) is 11.5. The van der Waals surface area contributed by atoms with Crippen LogP contribution in [0.3, 0.4) is 0 Å². The molecule has 1 aliphatic rings. The van der Waals surface area contributed by atoms with Crippen LogP contribution < -0.4 is 4.72 Å². The Morgan fingerprint density at radius 3 is 2.67 bits per heavy atom. The second kappa shape index (κ2) is 7.46. The molecule has 2 aromatic rings. The highest BCUT2D eigenvalue weighted by molar-refractivity contribution is 7.89. The molecule has 0 aliphatic carbocycles. The van der Waals surface area contributed by atoms with Crippen molar-refractivity contribution in [3.8, 4) is 0 Å². The number of nitrogens with zero attached hydrogens (tertiary/aromatic N) is 1. The van der Waals surface area contributed by atoms with Gasteiger partial charge in [-0.2, -0.15) is 0 Å². The van der Waals surface area contributed by atoms with Gasteiger partial charge in [0.05, 0.1) is 17.7 Å². The molecule has 24 heavy (non-hydrogen) atoms. The fourth-order valence-electron chi connectivity index (χ4n) is 2.92. The number of sulfonamides is 1. The van der Waals surface area contributed by atoms with Gasteiger partial charge in [0.1, 0.15) is 11.6 Å². The number of halogens is 1. The number of rotatable bonds is 6. The van der Waals surface area contributed by atoms with Gasteiger partial charge in [0.15, 0.2) is 0 Å². The summed E-state index contributed by atoms with van der Waals surface area (Å²) in [6.07, 6.45) is 3.52. The lowest BCUT2D eigenvalue weighted by atomic mass is 9.97. The molecular formula is C17H21FN2O3S. The minimum atomic E-state index is -3.66. The lowest BCUT2D eigenvalue weighted by Crippen LogP contribution is -2.38. The Bertz CT molecular complexity index is 754. The van der Waals surface area contributed by atoms with Crippen molar-refractivity contribution >= 4 is 10.0 Å². The Morgan fingerprint density at radius 1 is 1.21 bits per heavy atom. The van der Waals surface area contributed by atoms with Crippen LogP contribution in [0.2, 0.25) is 0 Å². The molecule has 0 bridgehead atoms. The molecule has 0 spiro atoms. The van der Waals surface area contributed by atoms with Gasteiger partial charge in [0, 0.05) is 6.54 Å². The number of furan rings is 1. The van der Waals surface area contributed by atoms with Crippen LogP contribution in [0.5, 0.6) is 0 Å². The van der Waals surface area contributed by atoms with Crippen molar-refractivity contribution in [1.29, 1.82) is 0 Å². The van der Waals surface area contributed by atoms with Crippen LogP contribution in [0.15, 0.2) is 52.0 Å². The van der Waals surface area contributed by atoms with Crippen LogP contribution in [0.25, 0.3) is 0 Å². The van der Waals surface area contributed by atoms with Crippen molar-refractivity contribution in [2.24, 2.45) is 5.92 Å². The third kappa shape index (κ3) is 4.43. The maximum absolute atomic E-state index is 13.2. The standard InChI is InChI=1S/C17H21FN2O3S/c18-15-3-1-5-17(11-15)24(21,22)19-12-14-6-8-20(9-7-14)13-16-4-2-10-23-16/h1-5,10-11,14,19H,6-9,12-13H2. The highest BCUT2D eigenvalue weighted by Gasteiger charge is 2.22. The van der Waals surface area contributed by atoms with Gasteiger partial charge >= 0.3 is 0 Å².